The second-order valence-electron chi connectivity index (χ2n) is 12.8. The first kappa shape index (κ1) is 50.2. The summed E-state index contributed by atoms with van der Waals surface area (Å²) in [5, 5.41) is 0. The second-order valence-corrected chi connectivity index (χ2v) is 14.2. The number of esters is 2. The third-order valence-electron chi connectivity index (χ3n) is 7.75. The fourth-order valence-corrected chi connectivity index (χ4v) is 5.58. The van der Waals surface area contributed by atoms with Gasteiger partial charge in [-0.05, 0) is 83.5 Å². The summed E-state index contributed by atoms with van der Waals surface area (Å²) in [6, 6.07) is 0. The number of ether oxygens (including phenoxy) is 2. The Balaban J connectivity index is 4.31. The molecule has 3 N–H and O–H groups in total. The van der Waals surface area contributed by atoms with E-state index in [0.717, 1.165) is 96.3 Å². The molecule has 0 radical (unpaired) electrons. The van der Waals surface area contributed by atoms with E-state index in [0.29, 0.717) is 12.8 Å². The number of allylic oxidation sites excluding steroid dienone is 14. The van der Waals surface area contributed by atoms with Crippen molar-refractivity contribution in [3.63, 3.8) is 0 Å². The predicted molar refractivity (Wildman–Crippen MR) is 219 cm³/mol. The molecule has 1 unspecified atom stereocenters. The molecular weight excluding hydrogens is 689 g/mol. The van der Waals surface area contributed by atoms with Crippen molar-refractivity contribution in [1.29, 1.82) is 0 Å². The van der Waals surface area contributed by atoms with Crippen molar-refractivity contribution in [2.24, 2.45) is 5.73 Å². The lowest BCUT2D eigenvalue weighted by atomic mass is 10.1. The zero-order chi connectivity index (χ0) is 38.9. The van der Waals surface area contributed by atoms with Crippen molar-refractivity contribution >= 4 is 19.8 Å². The first-order valence-corrected chi connectivity index (χ1v) is 21.6. The zero-order valence-corrected chi connectivity index (χ0v) is 33.9. The fourth-order valence-electron chi connectivity index (χ4n) is 4.81. The van der Waals surface area contributed by atoms with Crippen molar-refractivity contribution < 1.29 is 37.6 Å². The standard InChI is InChI=1S/C43H72NO8P/c1-3-5-7-9-11-13-15-17-19-20-22-23-25-27-29-31-33-35-42(45)49-39-41(40-51-53(47,48)50-38-37-44)52-43(46)36-34-32-30-28-26-24-21-18-16-14-12-10-8-6-4-2/h6-9,12-15,18-21,23,25,41H,3-5,10-11,16-17,22,24,26-40,44H2,1-2H3,(H,47,48)/b8-6+,9-7+,14-12+,15-13+,20-19+,21-18+,25-23+/t41-/m1/s1. The number of carbonyl (C=O) groups is 2. The minimum Gasteiger partial charge on any atom is -0.462 e. The number of phosphoric ester groups is 1. The molecule has 0 amide bonds. The summed E-state index contributed by atoms with van der Waals surface area (Å²) in [4.78, 5) is 34.8. The van der Waals surface area contributed by atoms with Gasteiger partial charge in [-0.3, -0.25) is 18.6 Å². The summed E-state index contributed by atoms with van der Waals surface area (Å²) < 4.78 is 32.7. The Morgan fingerprint density at radius 3 is 1.57 bits per heavy atom. The van der Waals surface area contributed by atoms with Crippen molar-refractivity contribution in [2.45, 2.75) is 148 Å². The van der Waals surface area contributed by atoms with Gasteiger partial charge in [0, 0.05) is 19.4 Å². The molecule has 0 saturated heterocycles. The van der Waals surface area contributed by atoms with Gasteiger partial charge in [0.15, 0.2) is 6.10 Å². The highest BCUT2D eigenvalue weighted by Crippen LogP contribution is 2.43. The molecule has 10 heteroatoms. The molecule has 0 rings (SSSR count). The van der Waals surface area contributed by atoms with Crippen molar-refractivity contribution in [3.8, 4) is 0 Å². The second kappa shape index (κ2) is 38.9. The van der Waals surface area contributed by atoms with Crippen LogP contribution in [0, 0.1) is 0 Å². The first-order valence-electron chi connectivity index (χ1n) is 20.1. The van der Waals surface area contributed by atoms with Gasteiger partial charge in [0.1, 0.15) is 6.61 Å². The topological polar surface area (TPSA) is 134 Å². The molecule has 2 atom stereocenters. The maximum atomic E-state index is 12.5. The Kier molecular flexibility index (Phi) is 36.8. The summed E-state index contributed by atoms with van der Waals surface area (Å²) in [7, 11) is -4.39. The smallest absolute Gasteiger partial charge is 0.462 e. The lowest BCUT2D eigenvalue weighted by molar-refractivity contribution is -0.161. The van der Waals surface area contributed by atoms with Crippen LogP contribution in [0.15, 0.2) is 85.1 Å². The molecule has 0 heterocycles. The summed E-state index contributed by atoms with van der Waals surface area (Å²) in [5.74, 6) is -0.895. The number of hydrogen-bond acceptors (Lipinski definition) is 8. The third-order valence-corrected chi connectivity index (χ3v) is 8.73. The Morgan fingerprint density at radius 1 is 0.585 bits per heavy atom. The van der Waals surface area contributed by atoms with Crippen LogP contribution >= 0.6 is 7.82 Å². The molecule has 0 saturated carbocycles. The van der Waals surface area contributed by atoms with Crippen LogP contribution in [0.3, 0.4) is 0 Å². The third kappa shape index (κ3) is 38.7. The molecule has 0 aliphatic rings. The maximum Gasteiger partial charge on any atom is 0.472 e. The van der Waals surface area contributed by atoms with Crippen LogP contribution in [-0.4, -0.2) is 49.3 Å². The average Bonchev–Trinajstić information content (AvgIpc) is 3.14. The Labute approximate surface area is 322 Å². The molecule has 0 aromatic rings. The number of rotatable bonds is 36. The molecule has 0 spiro atoms. The summed E-state index contributed by atoms with van der Waals surface area (Å²) in [6.07, 6.45) is 47.5. The number of phosphoric acid groups is 1. The molecule has 53 heavy (non-hydrogen) atoms. The van der Waals surface area contributed by atoms with Gasteiger partial charge in [-0.25, -0.2) is 4.57 Å². The minimum absolute atomic E-state index is 0.0408. The quantitative estimate of drug-likeness (QED) is 0.0277. The highest BCUT2D eigenvalue weighted by atomic mass is 31.2. The van der Waals surface area contributed by atoms with Crippen LogP contribution in [0.4, 0.5) is 0 Å². The lowest BCUT2D eigenvalue weighted by Gasteiger charge is -2.19. The Morgan fingerprint density at radius 2 is 1.04 bits per heavy atom. The molecule has 0 aliphatic carbocycles. The molecule has 0 bridgehead atoms. The van der Waals surface area contributed by atoms with Crippen LogP contribution in [0.25, 0.3) is 0 Å². The van der Waals surface area contributed by atoms with Gasteiger partial charge >= 0.3 is 19.8 Å². The largest absolute Gasteiger partial charge is 0.472 e. The van der Waals surface area contributed by atoms with E-state index in [4.69, 9.17) is 24.3 Å². The normalized spacial score (nSPS) is 14.3. The van der Waals surface area contributed by atoms with Crippen molar-refractivity contribution in [1.82, 2.24) is 0 Å². The molecule has 0 fully saturated rings. The van der Waals surface area contributed by atoms with E-state index in [1.807, 2.05) is 0 Å². The van der Waals surface area contributed by atoms with E-state index in [1.54, 1.807) is 0 Å². The minimum atomic E-state index is -4.39. The van der Waals surface area contributed by atoms with E-state index in [2.05, 4.69) is 98.9 Å². The van der Waals surface area contributed by atoms with Crippen molar-refractivity contribution in [3.05, 3.63) is 85.1 Å². The zero-order valence-electron chi connectivity index (χ0n) is 33.0. The Bertz CT molecular complexity index is 1140. The molecule has 0 aliphatic heterocycles. The highest BCUT2D eigenvalue weighted by molar-refractivity contribution is 7.47. The van der Waals surface area contributed by atoms with Crippen LogP contribution in [0.5, 0.6) is 0 Å². The van der Waals surface area contributed by atoms with Gasteiger partial charge in [-0.15, -0.1) is 0 Å². The molecule has 9 nitrogen and oxygen atoms in total. The van der Waals surface area contributed by atoms with E-state index in [9.17, 15) is 19.0 Å². The fraction of sp³-hybridized carbons (Fsp3) is 0.628. The monoisotopic (exact) mass is 761 g/mol. The summed E-state index contributed by atoms with van der Waals surface area (Å²) in [6.45, 7) is 3.46. The number of hydrogen-bond donors (Lipinski definition) is 2. The molecule has 0 aromatic carbocycles. The summed E-state index contributed by atoms with van der Waals surface area (Å²) >= 11 is 0. The van der Waals surface area contributed by atoms with Crippen LogP contribution in [-0.2, 0) is 32.7 Å². The van der Waals surface area contributed by atoms with E-state index in [1.165, 1.54) is 6.42 Å². The van der Waals surface area contributed by atoms with Gasteiger partial charge in [0.2, 0.25) is 0 Å². The van der Waals surface area contributed by atoms with Gasteiger partial charge < -0.3 is 20.1 Å². The first-order chi connectivity index (χ1) is 25.8. The van der Waals surface area contributed by atoms with Crippen molar-refractivity contribution in [2.75, 3.05) is 26.4 Å². The molecule has 0 aromatic heterocycles. The number of unbranched alkanes of at least 4 members (excludes halogenated alkanes) is 9. The van der Waals surface area contributed by atoms with Gasteiger partial charge in [-0.1, -0.05) is 131 Å². The van der Waals surface area contributed by atoms with Crippen LogP contribution in [0.2, 0.25) is 0 Å². The van der Waals surface area contributed by atoms with Crippen LogP contribution in [0.1, 0.15) is 142 Å². The van der Waals surface area contributed by atoms with Crippen LogP contribution < -0.4 is 5.73 Å². The lowest BCUT2D eigenvalue weighted by Crippen LogP contribution is -2.29. The highest BCUT2D eigenvalue weighted by Gasteiger charge is 2.25. The van der Waals surface area contributed by atoms with Gasteiger partial charge in [-0.2, -0.15) is 0 Å². The Hall–Kier alpha value is -2.81. The maximum absolute atomic E-state index is 12.5. The predicted octanol–water partition coefficient (Wildman–Crippen LogP) is 11.3. The van der Waals surface area contributed by atoms with E-state index in [-0.39, 0.29) is 32.6 Å². The van der Waals surface area contributed by atoms with E-state index < -0.39 is 32.5 Å². The average molecular weight is 762 g/mol. The summed E-state index contributed by atoms with van der Waals surface area (Å²) in [5.41, 5.74) is 5.33. The van der Waals surface area contributed by atoms with Gasteiger partial charge in [0.25, 0.3) is 0 Å². The SMILES string of the molecule is CC/C=C/C/C=C/C/C=C/CCCCCCCC(=O)O[C@H](COC(=O)CCCCC/C=C/C/C=C/C/C=C/C/C=C/CCC)COP(=O)(O)OCCN. The molecule has 302 valence electrons. The number of carbonyl (C=O) groups excluding carboxylic acids is 2. The van der Waals surface area contributed by atoms with E-state index >= 15 is 0 Å². The molecular formula is C43H72NO8P. The van der Waals surface area contributed by atoms with Gasteiger partial charge in [0.05, 0.1) is 13.2 Å². The number of nitrogens with two attached hydrogens (primary N) is 1.